The molecule has 1 heterocycles. The van der Waals surface area contributed by atoms with Crippen molar-refractivity contribution in [2.45, 2.75) is 65.5 Å². The van der Waals surface area contributed by atoms with Crippen molar-refractivity contribution in [3.8, 4) is 0 Å². The van der Waals surface area contributed by atoms with Gasteiger partial charge in [-0.3, -0.25) is 14.2 Å². The summed E-state index contributed by atoms with van der Waals surface area (Å²) in [5, 5.41) is 3.66. The van der Waals surface area contributed by atoms with Crippen molar-refractivity contribution in [1.29, 1.82) is 0 Å². The van der Waals surface area contributed by atoms with Crippen LogP contribution in [0.25, 0.3) is 10.9 Å². The van der Waals surface area contributed by atoms with Crippen molar-refractivity contribution in [1.82, 2.24) is 14.9 Å². The van der Waals surface area contributed by atoms with Gasteiger partial charge >= 0.3 is 0 Å². The lowest BCUT2D eigenvalue weighted by atomic mass is 10.0. The highest BCUT2D eigenvalue weighted by atomic mass is 16.1. The van der Waals surface area contributed by atoms with E-state index >= 15 is 0 Å². The van der Waals surface area contributed by atoms with E-state index < -0.39 is 0 Å². The SMILES string of the molecule is CC(C)CCCC(C)NC(=O)CCCn1cnc2ccccc2c1=O. The van der Waals surface area contributed by atoms with Crippen LogP contribution in [0.15, 0.2) is 35.4 Å². The minimum atomic E-state index is -0.0481. The van der Waals surface area contributed by atoms with Crippen LogP contribution < -0.4 is 10.9 Å². The number of carbonyl (C=O) groups is 1. The summed E-state index contributed by atoms with van der Waals surface area (Å²) in [4.78, 5) is 28.7. The third-order valence-corrected chi connectivity index (χ3v) is 4.36. The van der Waals surface area contributed by atoms with Gasteiger partial charge in [-0.1, -0.05) is 38.8 Å². The number of aryl methyl sites for hydroxylation is 1. The van der Waals surface area contributed by atoms with E-state index in [2.05, 4.69) is 31.1 Å². The molecule has 5 heteroatoms. The molecule has 2 aromatic rings. The number of nitrogens with zero attached hydrogens (tertiary/aromatic N) is 2. The highest BCUT2D eigenvalue weighted by Crippen LogP contribution is 2.09. The fourth-order valence-electron chi connectivity index (χ4n) is 2.93. The highest BCUT2D eigenvalue weighted by Gasteiger charge is 2.08. The fraction of sp³-hybridized carbons (Fsp3) is 0.550. The lowest BCUT2D eigenvalue weighted by Crippen LogP contribution is -2.32. The first-order valence-corrected chi connectivity index (χ1v) is 9.21. The van der Waals surface area contributed by atoms with Gasteiger partial charge in [0, 0.05) is 19.0 Å². The van der Waals surface area contributed by atoms with Gasteiger partial charge in [0.2, 0.25) is 5.91 Å². The van der Waals surface area contributed by atoms with E-state index in [0.29, 0.717) is 36.2 Å². The molecule has 25 heavy (non-hydrogen) atoms. The standard InChI is InChI=1S/C20H29N3O2/c1-15(2)8-6-9-16(3)22-19(24)12-7-13-23-14-21-18-11-5-4-10-17(18)20(23)25/h4-5,10-11,14-16H,6-9,12-13H2,1-3H3,(H,22,24). The summed E-state index contributed by atoms with van der Waals surface area (Å²) in [5.41, 5.74) is 0.657. The summed E-state index contributed by atoms with van der Waals surface area (Å²) in [6.07, 6.45) is 5.96. The molecule has 1 atom stereocenters. The smallest absolute Gasteiger partial charge is 0.261 e. The van der Waals surface area contributed by atoms with Crippen LogP contribution in [0.4, 0.5) is 0 Å². The molecular formula is C20H29N3O2. The van der Waals surface area contributed by atoms with E-state index in [9.17, 15) is 9.59 Å². The molecule has 0 bridgehead atoms. The Bertz CT molecular complexity index is 752. The summed E-state index contributed by atoms with van der Waals surface area (Å²) < 4.78 is 1.58. The molecule has 1 aromatic carbocycles. The molecule has 136 valence electrons. The number of hydrogen-bond acceptors (Lipinski definition) is 3. The van der Waals surface area contributed by atoms with Gasteiger partial charge in [0.1, 0.15) is 0 Å². The first-order valence-electron chi connectivity index (χ1n) is 9.21. The Morgan fingerprint density at radius 1 is 1.16 bits per heavy atom. The lowest BCUT2D eigenvalue weighted by molar-refractivity contribution is -0.121. The van der Waals surface area contributed by atoms with E-state index in [4.69, 9.17) is 0 Å². The van der Waals surface area contributed by atoms with Crippen LogP contribution in [-0.2, 0) is 11.3 Å². The maximum Gasteiger partial charge on any atom is 0.261 e. The molecule has 1 amide bonds. The Kier molecular flexibility index (Phi) is 7.16. The summed E-state index contributed by atoms with van der Waals surface area (Å²) in [7, 11) is 0. The molecule has 0 radical (unpaired) electrons. The summed E-state index contributed by atoms with van der Waals surface area (Å²) >= 11 is 0. The van der Waals surface area contributed by atoms with Gasteiger partial charge in [-0.2, -0.15) is 0 Å². The van der Waals surface area contributed by atoms with Crippen molar-refractivity contribution >= 4 is 16.8 Å². The van der Waals surface area contributed by atoms with E-state index in [-0.39, 0.29) is 17.5 Å². The highest BCUT2D eigenvalue weighted by molar-refractivity contribution is 5.77. The zero-order valence-electron chi connectivity index (χ0n) is 15.5. The first-order chi connectivity index (χ1) is 12.0. The average Bonchev–Trinajstić information content (AvgIpc) is 2.56. The first kappa shape index (κ1) is 19.2. The topological polar surface area (TPSA) is 64.0 Å². The molecule has 0 spiro atoms. The second-order valence-electron chi connectivity index (χ2n) is 7.16. The van der Waals surface area contributed by atoms with Crippen molar-refractivity contribution < 1.29 is 4.79 Å². The van der Waals surface area contributed by atoms with Gasteiger partial charge in [0.25, 0.3) is 5.56 Å². The van der Waals surface area contributed by atoms with Crippen molar-refractivity contribution in [2.24, 2.45) is 5.92 Å². The molecule has 2 rings (SSSR count). The molecule has 0 aliphatic rings. The Hall–Kier alpha value is -2.17. The van der Waals surface area contributed by atoms with E-state index in [1.165, 1.54) is 6.42 Å². The largest absolute Gasteiger partial charge is 0.354 e. The zero-order valence-corrected chi connectivity index (χ0v) is 15.5. The number of fused-ring (bicyclic) bond motifs is 1. The third-order valence-electron chi connectivity index (χ3n) is 4.36. The number of nitrogens with one attached hydrogen (secondary N) is 1. The third kappa shape index (κ3) is 6.00. The minimum absolute atomic E-state index is 0.0481. The maximum absolute atomic E-state index is 12.4. The normalized spacial score (nSPS) is 12.5. The summed E-state index contributed by atoms with van der Waals surface area (Å²) in [6, 6.07) is 7.52. The molecule has 0 saturated carbocycles. The number of hydrogen-bond donors (Lipinski definition) is 1. The molecule has 1 aromatic heterocycles. The van der Waals surface area contributed by atoms with Gasteiger partial charge in [-0.05, 0) is 37.8 Å². The Morgan fingerprint density at radius 3 is 2.68 bits per heavy atom. The molecule has 0 saturated heterocycles. The van der Waals surface area contributed by atoms with Crippen LogP contribution in [0.5, 0.6) is 0 Å². The van der Waals surface area contributed by atoms with E-state index in [0.717, 1.165) is 12.8 Å². The molecule has 1 unspecified atom stereocenters. The Balaban J connectivity index is 1.78. The number of carbonyl (C=O) groups excluding carboxylic acids is 1. The monoisotopic (exact) mass is 343 g/mol. The van der Waals surface area contributed by atoms with Gasteiger partial charge in [-0.15, -0.1) is 0 Å². The predicted octanol–water partition coefficient (Wildman–Crippen LogP) is 3.51. The van der Waals surface area contributed by atoms with Crippen molar-refractivity contribution in [3.05, 3.63) is 40.9 Å². The number of aromatic nitrogens is 2. The number of benzene rings is 1. The Morgan fingerprint density at radius 2 is 1.92 bits per heavy atom. The van der Waals surface area contributed by atoms with Crippen LogP contribution >= 0.6 is 0 Å². The number of amides is 1. The molecular weight excluding hydrogens is 314 g/mol. The van der Waals surface area contributed by atoms with Crippen molar-refractivity contribution in [2.75, 3.05) is 0 Å². The second kappa shape index (κ2) is 9.35. The van der Waals surface area contributed by atoms with Crippen LogP contribution in [0.1, 0.15) is 52.9 Å². The lowest BCUT2D eigenvalue weighted by Gasteiger charge is -2.14. The number of para-hydroxylation sites is 1. The predicted molar refractivity (Wildman–Crippen MR) is 102 cm³/mol. The molecule has 5 nitrogen and oxygen atoms in total. The maximum atomic E-state index is 12.4. The van der Waals surface area contributed by atoms with Crippen LogP contribution in [0.2, 0.25) is 0 Å². The van der Waals surface area contributed by atoms with Crippen LogP contribution in [0, 0.1) is 5.92 Å². The molecule has 0 aliphatic heterocycles. The second-order valence-corrected chi connectivity index (χ2v) is 7.16. The van der Waals surface area contributed by atoms with Crippen LogP contribution in [0.3, 0.4) is 0 Å². The summed E-state index contributed by atoms with van der Waals surface area (Å²) in [6.45, 7) is 6.99. The molecule has 1 N–H and O–H groups in total. The molecule has 0 fully saturated rings. The number of rotatable bonds is 9. The van der Waals surface area contributed by atoms with E-state index in [1.54, 1.807) is 17.0 Å². The summed E-state index contributed by atoms with van der Waals surface area (Å²) in [5.74, 6) is 0.760. The van der Waals surface area contributed by atoms with Crippen LogP contribution in [-0.4, -0.2) is 21.5 Å². The molecule has 0 aliphatic carbocycles. The fourth-order valence-corrected chi connectivity index (χ4v) is 2.93. The van der Waals surface area contributed by atoms with Gasteiger partial charge < -0.3 is 5.32 Å². The van der Waals surface area contributed by atoms with Gasteiger partial charge in [0.05, 0.1) is 17.2 Å². The Labute approximate surface area is 149 Å². The quantitative estimate of drug-likeness (QED) is 0.758. The van der Waals surface area contributed by atoms with Gasteiger partial charge in [-0.25, -0.2) is 4.98 Å². The van der Waals surface area contributed by atoms with E-state index in [1.807, 2.05) is 18.2 Å². The minimum Gasteiger partial charge on any atom is -0.354 e. The average molecular weight is 343 g/mol. The van der Waals surface area contributed by atoms with Gasteiger partial charge in [0.15, 0.2) is 0 Å². The zero-order chi connectivity index (χ0) is 18.2. The van der Waals surface area contributed by atoms with Crippen molar-refractivity contribution in [3.63, 3.8) is 0 Å².